The molecule has 1 aliphatic rings. The fourth-order valence-electron chi connectivity index (χ4n) is 3.86. The number of ether oxygens (including phenoxy) is 1. The van der Waals surface area contributed by atoms with Gasteiger partial charge in [0.15, 0.2) is 5.00 Å². The molecule has 0 radical (unpaired) electrons. The van der Waals surface area contributed by atoms with Crippen LogP contribution < -0.4 is 4.74 Å². The fourth-order valence-corrected chi connectivity index (χ4v) is 4.67. The number of hydrogen-bond acceptors (Lipinski definition) is 7. The first-order valence-electron chi connectivity index (χ1n) is 10.0. The first-order chi connectivity index (χ1) is 15.5. The highest BCUT2D eigenvalue weighted by molar-refractivity contribution is 7.12. The summed E-state index contributed by atoms with van der Waals surface area (Å²) in [6.45, 7) is 2.34. The number of thiophene rings is 1. The van der Waals surface area contributed by atoms with Gasteiger partial charge in [0.2, 0.25) is 5.65 Å². The largest absolute Gasteiger partial charge is 0.470 e. The van der Waals surface area contributed by atoms with Gasteiger partial charge in [-0.25, -0.2) is 18.7 Å². The van der Waals surface area contributed by atoms with Gasteiger partial charge in [0.05, 0.1) is 30.7 Å². The van der Waals surface area contributed by atoms with E-state index in [-0.39, 0.29) is 35.3 Å². The second-order valence-corrected chi connectivity index (χ2v) is 8.39. The molecule has 4 aromatic heterocycles. The molecule has 1 saturated heterocycles. The number of nitrogens with zero attached hydrogens (tertiary/aromatic N) is 7. The molecular formula is C20H19F2N7O2S. The van der Waals surface area contributed by atoms with Crippen molar-refractivity contribution in [2.45, 2.75) is 38.3 Å². The van der Waals surface area contributed by atoms with E-state index in [2.05, 4.69) is 20.2 Å². The second-order valence-electron chi connectivity index (χ2n) is 7.49. The minimum Gasteiger partial charge on any atom is -0.470 e. The highest BCUT2D eigenvalue weighted by Crippen LogP contribution is 2.29. The van der Waals surface area contributed by atoms with Crippen LogP contribution in [0.2, 0.25) is 0 Å². The lowest BCUT2D eigenvalue weighted by Gasteiger charge is -2.37. The molecule has 0 N–H and O–H groups in total. The minimum atomic E-state index is -2.66. The highest BCUT2D eigenvalue weighted by Gasteiger charge is 2.33. The van der Waals surface area contributed by atoms with Gasteiger partial charge < -0.3 is 9.64 Å². The normalized spacial score (nSPS) is 19.1. The van der Waals surface area contributed by atoms with Crippen LogP contribution in [0, 0.1) is 0 Å². The van der Waals surface area contributed by atoms with Crippen molar-refractivity contribution in [1.82, 2.24) is 34.3 Å². The highest BCUT2D eigenvalue weighted by atomic mass is 32.1. The van der Waals surface area contributed by atoms with Crippen LogP contribution in [0.4, 0.5) is 8.78 Å². The van der Waals surface area contributed by atoms with E-state index in [1.54, 1.807) is 23.4 Å². The summed E-state index contributed by atoms with van der Waals surface area (Å²) in [6, 6.07) is 1.78. The van der Waals surface area contributed by atoms with E-state index in [4.69, 9.17) is 4.74 Å². The molecule has 1 amide bonds. The molecule has 32 heavy (non-hydrogen) atoms. The zero-order valence-corrected chi connectivity index (χ0v) is 17.8. The molecule has 12 heteroatoms. The summed E-state index contributed by atoms with van der Waals surface area (Å²) < 4.78 is 33.7. The molecule has 2 atom stereocenters. The average molecular weight is 459 g/mol. The van der Waals surface area contributed by atoms with Gasteiger partial charge in [-0.15, -0.1) is 16.1 Å². The van der Waals surface area contributed by atoms with Crippen LogP contribution in [0.1, 0.15) is 42.2 Å². The van der Waals surface area contributed by atoms with Crippen molar-refractivity contribution in [3.63, 3.8) is 0 Å². The van der Waals surface area contributed by atoms with Crippen molar-refractivity contribution < 1.29 is 18.3 Å². The monoisotopic (exact) mass is 459 g/mol. The van der Waals surface area contributed by atoms with Crippen LogP contribution in [-0.2, 0) is 0 Å². The smallest absolute Gasteiger partial charge is 0.280 e. The molecule has 0 saturated carbocycles. The second kappa shape index (κ2) is 8.26. The molecule has 1 aliphatic heterocycles. The lowest BCUT2D eigenvalue weighted by atomic mass is 10.0. The molecule has 0 spiro atoms. The number of hydrogen-bond donors (Lipinski definition) is 0. The Balaban J connectivity index is 1.37. The van der Waals surface area contributed by atoms with Gasteiger partial charge in [-0.2, -0.15) is 10.2 Å². The van der Waals surface area contributed by atoms with Crippen LogP contribution in [0.3, 0.4) is 0 Å². The topological polar surface area (TPSA) is 90.4 Å². The van der Waals surface area contributed by atoms with Gasteiger partial charge in [-0.1, -0.05) is 0 Å². The van der Waals surface area contributed by atoms with E-state index in [1.165, 1.54) is 32.9 Å². The first-order valence-corrected chi connectivity index (χ1v) is 10.9. The van der Waals surface area contributed by atoms with Gasteiger partial charge in [0.1, 0.15) is 11.8 Å². The van der Waals surface area contributed by atoms with Crippen LogP contribution in [0.15, 0.2) is 42.4 Å². The molecular weight excluding hydrogens is 440 g/mol. The molecule has 0 aliphatic carbocycles. The number of piperidine rings is 1. The van der Waals surface area contributed by atoms with Crippen molar-refractivity contribution in [2.24, 2.45) is 0 Å². The van der Waals surface area contributed by atoms with Crippen molar-refractivity contribution >= 4 is 22.9 Å². The summed E-state index contributed by atoms with van der Waals surface area (Å²) in [7, 11) is 0. The molecule has 5 heterocycles. The molecule has 5 rings (SSSR count). The van der Waals surface area contributed by atoms with Gasteiger partial charge in [0.25, 0.3) is 18.2 Å². The van der Waals surface area contributed by atoms with Crippen molar-refractivity contribution in [2.75, 3.05) is 6.54 Å². The third-order valence-electron chi connectivity index (χ3n) is 5.50. The summed E-state index contributed by atoms with van der Waals surface area (Å²) in [5.41, 5.74) is 0.525. The number of halogens is 2. The Bertz CT molecular complexity index is 1240. The van der Waals surface area contributed by atoms with Crippen molar-refractivity contribution in [3.05, 3.63) is 53.7 Å². The standard InChI is InChI=1S/C20H19F2N7O2S/c1-12-2-3-13(31-18-17-24-10-15(16(21)22)27(17)8-7-23-18)11-28(12)19(30)14-4-9-32-20(14)29-25-5-6-26-29/h4-10,12-13,16H,2-3,11H2,1H3/t12-,13-/m1/s1. The zero-order valence-electron chi connectivity index (χ0n) is 17.0. The maximum atomic E-state index is 13.4. The summed E-state index contributed by atoms with van der Waals surface area (Å²) in [5.74, 6) is 0.0367. The Labute approximate surface area is 185 Å². The van der Waals surface area contributed by atoms with Gasteiger partial charge in [0, 0.05) is 18.4 Å². The predicted molar refractivity (Wildman–Crippen MR) is 111 cm³/mol. The van der Waals surface area contributed by atoms with E-state index < -0.39 is 6.43 Å². The Morgan fingerprint density at radius 1 is 1.22 bits per heavy atom. The van der Waals surface area contributed by atoms with Crippen molar-refractivity contribution in [1.29, 1.82) is 0 Å². The Morgan fingerprint density at radius 2 is 2.03 bits per heavy atom. The number of amides is 1. The maximum Gasteiger partial charge on any atom is 0.280 e. The summed E-state index contributed by atoms with van der Waals surface area (Å²) >= 11 is 1.39. The van der Waals surface area contributed by atoms with E-state index in [1.807, 2.05) is 12.3 Å². The minimum absolute atomic E-state index is 0.0151. The first kappa shape index (κ1) is 20.5. The number of aromatic nitrogens is 6. The number of carbonyl (C=O) groups is 1. The molecule has 0 aromatic carbocycles. The average Bonchev–Trinajstić information content (AvgIpc) is 3.54. The zero-order chi connectivity index (χ0) is 22.2. The van der Waals surface area contributed by atoms with Gasteiger partial charge >= 0.3 is 0 Å². The molecule has 0 bridgehead atoms. The number of alkyl halides is 2. The van der Waals surface area contributed by atoms with Crippen LogP contribution in [0.25, 0.3) is 10.6 Å². The Morgan fingerprint density at radius 3 is 2.81 bits per heavy atom. The van der Waals surface area contributed by atoms with E-state index >= 15 is 0 Å². The molecule has 4 aromatic rings. The SMILES string of the molecule is C[C@@H]1CC[C@@H](Oc2nccn3c(C(F)F)cnc23)CN1C(=O)c1ccsc1-n1nccn1. The summed E-state index contributed by atoms with van der Waals surface area (Å²) in [4.78, 5) is 24.8. The Kier molecular flexibility index (Phi) is 5.29. The Hall–Kier alpha value is -3.41. The third-order valence-corrected chi connectivity index (χ3v) is 6.38. The maximum absolute atomic E-state index is 13.4. The fraction of sp³-hybridized carbons (Fsp3) is 0.350. The van der Waals surface area contributed by atoms with E-state index in [0.29, 0.717) is 23.5 Å². The number of likely N-dealkylation sites (tertiary alicyclic amines) is 1. The van der Waals surface area contributed by atoms with Crippen LogP contribution in [-0.4, -0.2) is 58.9 Å². The number of imidazole rings is 1. The number of carbonyl (C=O) groups excluding carboxylic acids is 1. The molecule has 0 unspecified atom stereocenters. The van der Waals surface area contributed by atoms with Crippen molar-refractivity contribution in [3.8, 4) is 10.9 Å². The summed E-state index contributed by atoms with van der Waals surface area (Å²) in [5, 5.41) is 10.7. The number of rotatable bonds is 5. The van der Waals surface area contributed by atoms with E-state index in [0.717, 1.165) is 12.6 Å². The molecule has 1 fully saturated rings. The number of fused-ring (bicyclic) bond motifs is 1. The molecule has 166 valence electrons. The van der Waals surface area contributed by atoms with E-state index in [9.17, 15) is 13.6 Å². The molecule has 9 nitrogen and oxygen atoms in total. The van der Waals surface area contributed by atoms with Crippen LogP contribution in [0.5, 0.6) is 5.88 Å². The third kappa shape index (κ3) is 3.60. The van der Waals surface area contributed by atoms with Crippen LogP contribution >= 0.6 is 11.3 Å². The predicted octanol–water partition coefficient (Wildman–Crippen LogP) is 3.38. The lowest BCUT2D eigenvalue weighted by molar-refractivity contribution is 0.0376. The van der Waals surface area contributed by atoms with Gasteiger partial charge in [-0.05, 0) is 31.2 Å². The lowest BCUT2D eigenvalue weighted by Crippen LogP contribution is -2.49. The van der Waals surface area contributed by atoms with Gasteiger partial charge in [-0.3, -0.25) is 9.20 Å². The summed E-state index contributed by atoms with van der Waals surface area (Å²) in [6.07, 6.45) is 5.50. The quantitative estimate of drug-likeness (QED) is 0.455.